The lowest BCUT2D eigenvalue weighted by Crippen LogP contribution is -2.48. The fourth-order valence-electron chi connectivity index (χ4n) is 2.04. The minimum atomic E-state index is 0.352. The van der Waals surface area contributed by atoms with Gasteiger partial charge in [0.1, 0.15) is 0 Å². The van der Waals surface area contributed by atoms with Crippen molar-refractivity contribution >= 4 is 11.3 Å². The van der Waals surface area contributed by atoms with E-state index in [-0.39, 0.29) is 0 Å². The monoisotopic (exact) mass is 239 g/mol. The first-order valence-corrected chi connectivity index (χ1v) is 6.83. The van der Waals surface area contributed by atoms with Crippen LogP contribution in [0.2, 0.25) is 0 Å². The molecule has 90 valence electrons. The van der Waals surface area contributed by atoms with Crippen molar-refractivity contribution in [3.8, 4) is 0 Å². The number of thiophene rings is 1. The van der Waals surface area contributed by atoms with Gasteiger partial charge in [-0.3, -0.25) is 0 Å². The Morgan fingerprint density at radius 3 is 2.69 bits per heavy atom. The summed E-state index contributed by atoms with van der Waals surface area (Å²) in [5.41, 5.74) is 0.352. The first-order valence-electron chi connectivity index (χ1n) is 5.95. The molecule has 0 aliphatic carbocycles. The van der Waals surface area contributed by atoms with Gasteiger partial charge in [-0.2, -0.15) is 0 Å². The van der Waals surface area contributed by atoms with Gasteiger partial charge in [-0.05, 0) is 17.4 Å². The SMILES string of the molecule is CC(C)C(NCC1(C)COC1)c1cccs1. The van der Waals surface area contributed by atoms with Crippen molar-refractivity contribution in [3.05, 3.63) is 22.4 Å². The summed E-state index contributed by atoms with van der Waals surface area (Å²) in [6, 6.07) is 4.84. The summed E-state index contributed by atoms with van der Waals surface area (Å²) in [5, 5.41) is 5.85. The van der Waals surface area contributed by atoms with Crippen molar-refractivity contribution in [2.45, 2.75) is 26.8 Å². The molecule has 1 fully saturated rings. The van der Waals surface area contributed by atoms with E-state index in [1.807, 2.05) is 11.3 Å². The van der Waals surface area contributed by atoms with Crippen molar-refractivity contribution < 1.29 is 4.74 Å². The van der Waals surface area contributed by atoms with Gasteiger partial charge in [0.15, 0.2) is 0 Å². The Labute approximate surface area is 102 Å². The van der Waals surface area contributed by atoms with Gasteiger partial charge in [0.2, 0.25) is 0 Å². The number of rotatable bonds is 5. The average Bonchev–Trinajstić information content (AvgIpc) is 2.68. The van der Waals surface area contributed by atoms with Gasteiger partial charge in [0, 0.05) is 22.9 Å². The van der Waals surface area contributed by atoms with Crippen LogP contribution in [0.25, 0.3) is 0 Å². The van der Waals surface area contributed by atoms with E-state index < -0.39 is 0 Å². The van der Waals surface area contributed by atoms with Gasteiger partial charge >= 0.3 is 0 Å². The van der Waals surface area contributed by atoms with E-state index in [4.69, 9.17) is 4.74 Å². The lowest BCUT2D eigenvalue weighted by molar-refractivity contribution is -0.100. The zero-order chi connectivity index (χ0) is 11.6. The Morgan fingerprint density at radius 2 is 2.25 bits per heavy atom. The number of hydrogen-bond donors (Lipinski definition) is 1. The molecule has 0 aromatic carbocycles. The van der Waals surface area contributed by atoms with E-state index in [0.717, 1.165) is 19.8 Å². The summed E-state index contributed by atoms with van der Waals surface area (Å²) >= 11 is 1.84. The molecule has 1 aromatic rings. The quantitative estimate of drug-likeness (QED) is 0.852. The van der Waals surface area contributed by atoms with E-state index in [0.29, 0.717) is 17.4 Å². The minimum absolute atomic E-state index is 0.352. The Balaban J connectivity index is 1.93. The number of hydrogen-bond acceptors (Lipinski definition) is 3. The Kier molecular flexibility index (Phi) is 3.67. The first kappa shape index (κ1) is 12.1. The van der Waals surface area contributed by atoms with Crippen LogP contribution in [-0.4, -0.2) is 19.8 Å². The second-order valence-electron chi connectivity index (χ2n) is 5.42. The molecule has 1 atom stereocenters. The van der Waals surface area contributed by atoms with Crippen molar-refractivity contribution in [3.63, 3.8) is 0 Å². The molecule has 0 spiro atoms. The fourth-order valence-corrected chi connectivity index (χ4v) is 3.02. The van der Waals surface area contributed by atoms with E-state index in [1.54, 1.807) is 0 Å². The van der Waals surface area contributed by atoms with Gasteiger partial charge in [0.25, 0.3) is 0 Å². The van der Waals surface area contributed by atoms with Crippen LogP contribution in [0.1, 0.15) is 31.7 Å². The highest BCUT2D eigenvalue weighted by Gasteiger charge is 2.34. The molecule has 1 aliphatic rings. The molecule has 0 amide bonds. The van der Waals surface area contributed by atoms with Crippen LogP contribution in [-0.2, 0) is 4.74 Å². The van der Waals surface area contributed by atoms with Gasteiger partial charge < -0.3 is 10.1 Å². The van der Waals surface area contributed by atoms with Crippen LogP contribution >= 0.6 is 11.3 Å². The van der Waals surface area contributed by atoms with Crippen LogP contribution in [0.3, 0.4) is 0 Å². The van der Waals surface area contributed by atoms with Gasteiger partial charge in [-0.25, -0.2) is 0 Å². The van der Waals surface area contributed by atoms with Gasteiger partial charge in [-0.1, -0.05) is 26.8 Å². The molecular formula is C13H21NOS. The standard InChI is InChI=1S/C13H21NOS/c1-10(2)12(11-5-4-6-16-11)14-7-13(3)8-15-9-13/h4-6,10,12,14H,7-9H2,1-3H3. The summed E-state index contributed by atoms with van der Waals surface area (Å²) in [4.78, 5) is 1.44. The van der Waals surface area contributed by atoms with Crippen LogP contribution in [0.15, 0.2) is 17.5 Å². The zero-order valence-corrected chi connectivity index (χ0v) is 11.1. The van der Waals surface area contributed by atoms with Crippen molar-refractivity contribution in [2.75, 3.05) is 19.8 Å². The van der Waals surface area contributed by atoms with E-state index in [2.05, 4.69) is 43.6 Å². The zero-order valence-electron chi connectivity index (χ0n) is 10.3. The molecule has 0 radical (unpaired) electrons. The molecule has 0 saturated carbocycles. The molecule has 1 saturated heterocycles. The minimum Gasteiger partial charge on any atom is -0.380 e. The van der Waals surface area contributed by atoms with E-state index in [1.165, 1.54) is 4.88 Å². The highest BCUT2D eigenvalue weighted by molar-refractivity contribution is 7.10. The third-order valence-electron chi connectivity index (χ3n) is 3.17. The summed E-state index contributed by atoms with van der Waals surface area (Å²) in [6.45, 7) is 9.68. The summed E-state index contributed by atoms with van der Waals surface area (Å²) in [7, 11) is 0. The van der Waals surface area contributed by atoms with Crippen molar-refractivity contribution in [1.82, 2.24) is 5.32 Å². The first-order chi connectivity index (χ1) is 7.61. The fraction of sp³-hybridized carbons (Fsp3) is 0.692. The maximum absolute atomic E-state index is 5.28. The number of ether oxygens (including phenoxy) is 1. The summed E-state index contributed by atoms with van der Waals surface area (Å²) in [5.74, 6) is 0.628. The Bertz CT molecular complexity index is 317. The molecule has 2 rings (SSSR count). The second-order valence-corrected chi connectivity index (χ2v) is 6.40. The third kappa shape index (κ3) is 2.65. The summed E-state index contributed by atoms with van der Waals surface area (Å²) in [6.07, 6.45) is 0. The predicted molar refractivity (Wildman–Crippen MR) is 68.8 cm³/mol. The highest BCUT2D eigenvalue weighted by atomic mass is 32.1. The smallest absolute Gasteiger partial charge is 0.0554 e. The molecule has 2 heterocycles. The molecule has 3 heteroatoms. The molecule has 16 heavy (non-hydrogen) atoms. The van der Waals surface area contributed by atoms with E-state index in [9.17, 15) is 0 Å². The van der Waals surface area contributed by atoms with Crippen molar-refractivity contribution in [2.24, 2.45) is 11.3 Å². The number of nitrogens with one attached hydrogen (secondary N) is 1. The maximum Gasteiger partial charge on any atom is 0.0554 e. The topological polar surface area (TPSA) is 21.3 Å². The van der Waals surface area contributed by atoms with Gasteiger partial charge in [-0.15, -0.1) is 11.3 Å². The Morgan fingerprint density at radius 1 is 1.50 bits per heavy atom. The Hall–Kier alpha value is -0.380. The van der Waals surface area contributed by atoms with Crippen LogP contribution in [0, 0.1) is 11.3 Å². The third-order valence-corrected chi connectivity index (χ3v) is 4.12. The molecule has 2 nitrogen and oxygen atoms in total. The largest absolute Gasteiger partial charge is 0.380 e. The van der Waals surface area contributed by atoms with E-state index >= 15 is 0 Å². The molecule has 1 N–H and O–H groups in total. The van der Waals surface area contributed by atoms with Crippen LogP contribution in [0.4, 0.5) is 0 Å². The van der Waals surface area contributed by atoms with Gasteiger partial charge in [0.05, 0.1) is 13.2 Å². The maximum atomic E-state index is 5.28. The molecular weight excluding hydrogens is 218 g/mol. The van der Waals surface area contributed by atoms with Crippen LogP contribution in [0.5, 0.6) is 0 Å². The molecule has 1 aliphatic heterocycles. The highest BCUT2D eigenvalue weighted by Crippen LogP contribution is 2.30. The van der Waals surface area contributed by atoms with Crippen LogP contribution < -0.4 is 5.32 Å². The molecule has 0 bridgehead atoms. The van der Waals surface area contributed by atoms with Crippen molar-refractivity contribution in [1.29, 1.82) is 0 Å². The predicted octanol–water partition coefficient (Wildman–Crippen LogP) is 3.07. The normalized spacial score (nSPS) is 20.8. The second kappa shape index (κ2) is 4.86. The lowest BCUT2D eigenvalue weighted by atomic mass is 9.88. The summed E-state index contributed by atoms with van der Waals surface area (Å²) < 4.78 is 5.28. The molecule has 1 unspecified atom stereocenters. The molecule has 1 aromatic heterocycles. The average molecular weight is 239 g/mol. The lowest BCUT2D eigenvalue weighted by Gasteiger charge is -2.39.